The average Bonchev–Trinajstić information content (AvgIpc) is 3.15. The second kappa shape index (κ2) is 5.61. The number of benzene rings is 1. The molecule has 1 aliphatic carbocycles. The smallest absolute Gasteiger partial charge is 0.225 e. The summed E-state index contributed by atoms with van der Waals surface area (Å²) in [6, 6.07) is 6.16. The molecule has 94 valence electrons. The van der Waals surface area contributed by atoms with E-state index in [2.05, 4.69) is 10.6 Å². The summed E-state index contributed by atoms with van der Waals surface area (Å²) in [5.41, 5.74) is 0.494. The number of hydrogen-bond acceptors (Lipinski definition) is 3. The number of halogens is 1. The number of nitrogens with one attached hydrogen (secondary N) is 2. The Bertz CT molecular complexity index is 491. The molecule has 1 aliphatic rings. The van der Waals surface area contributed by atoms with Crippen molar-refractivity contribution in [3.8, 4) is 6.07 Å². The fourth-order valence-electron chi connectivity index (χ4n) is 1.61. The van der Waals surface area contributed by atoms with Crippen LogP contribution in [0.1, 0.15) is 24.8 Å². The number of anilines is 1. The van der Waals surface area contributed by atoms with E-state index in [4.69, 9.17) is 5.26 Å². The molecule has 5 heteroatoms. The summed E-state index contributed by atoms with van der Waals surface area (Å²) in [6.07, 6.45) is 2.70. The van der Waals surface area contributed by atoms with E-state index in [0.29, 0.717) is 24.7 Å². The van der Waals surface area contributed by atoms with E-state index in [0.717, 1.165) is 6.07 Å². The van der Waals surface area contributed by atoms with Crippen molar-refractivity contribution in [2.45, 2.75) is 25.3 Å². The SMILES string of the molecule is N#Cc1cc(F)ccc1NC(=O)CCNC1CC1. The highest BCUT2D eigenvalue weighted by molar-refractivity contribution is 5.92. The van der Waals surface area contributed by atoms with E-state index in [1.54, 1.807) is 0 Å². The molecule has 1 fully saturated rings. The van der Waals surface area contributed by atoms with Crippen LogP contribution < -0.4 is 10.6 Å². The van der Waals surface area contributed by atoms with Crippen molar-refractivity contribution < 1.29 is 9.18 Å². The molecule has 1 amide bonds. The summed E-state index contributed by atoms with van der Waals surface area (Å²) in [6.45, 7) is 0.625. The van der Waals surface area contributed by atoms with Gasteiger partial charge in [-0.25, -0.2) is 4.39 Å². The molecule has 0 atom stereocenters. The molecule has 2 N–H and O–H groups in total. The number of carbonyl (C=O) groups excluding carboxylic acids is 1. The van der Waals surface area contributed by atoms with Crippen LogP contribution in [0, 0.1) is 17.1 Å². The van der Waals surface area contributed by atoms with Gasteiger partial charge in [-0.05, 0) is 31.0 Å². The van der Waals surface area contributed by atoms with Crippen LogP contribution in [0.25, 0.3) is 0 Å². The highest BCUT2D eigenvalue weighted by Crippen LogP contribution is 2.18. The minimum atomic E-state index is -0.486. The maximum absolute atomic E-state index is 12.9. The average molecular weight is 247 g/mol. The van der Waals surface area contributed by atoms with E-state index in [9.17, 15) is 9.18 Å². The van der Waals surface area contributed by atoms with Crippen molar-refractivity contribution in [2.24, 2.45) is 0 Å². The Morgan fingerprint density at radius 3 is 2.94 bits per heavy atom. The van der Waals surface area contributed by atoms with Gasteiger partial charge in [0.2, 0.25) is 5.91 Å². The molecule has 0 unspecified atom stereocenters. The third-order valence-electron chi connectivity index (χ3n) is 2.74. The quantitative estimate of drug-likeness (QED) is 0.833. The lowest BCUT2D eigenvalue weighted by Crippen LogP contribution is -2.23. The van der Waals surface area contributed by atoms with Gasteiger partial charge in [-0.2, -0.15) is 5.26 Å². The Balaban J connectivity index is 1.87. The van der Waals surface area contributed by atoms with Gasteiger partial charge in [-0.1, -0.05) is 0 Å². The van der Waals surface area contributed by atoms with Crippen LogP contribution in [-0.2, 0) is 4.79 Å². The fourth-order valence-corrected chi connectivity index (χ4v) is 1.61. The molecule has 0 heterocycles. The second-order valence-corrected chi connectivity index (χ2v) is 4.33. The van der Waals surface area contributed by atoms with E-state index >= 15 is 0 Å². The lowest BCUT2D eigenvalue weighted by Gasteiger charge is -2.07. The Kier molecular flexibility index (Phi) is 3.90. The predicted molar refractivity (Wildman–Crippen MR) is 65.4 cm³/mol. The summed E-state index contributed by atoms with van der Waals surface area (Å²) in [5, 5.41) is 14.7. The summed E-state index contributed by atoms with van der Waals surface area (Å²) in [7, 11) is 0. The molecule has 1 aromatic carbocycles. The number of hydrogen-bond donors (Lipinski definition) is 2. The van der Waals surface area contributed by atoms with Gasteiger partial charge in [0.25, 0.3) is 0 Å². The molecule has 1 aromatic rings. The zero-order chi connectivity index (χ0) is 13.0. The zero-order valence-corrected chi connectivity index (χ0v) is 9.87. The number of amides is 1. The first-order valence-electron chi connectivity index (χ1n) is 5.92. The first-order chi connectivity index (χ1) is 8.69. The van der Waals surface area contributed by atoms with Crippen molar-refractivity contribution in [3.63, 3.8) is 0 Å². The molecule has 0 radical (unpaired) electrons. The minimum Gasteiger partial charge on any atom is -0.325 e. The molecular weight excluding hydrogens is 233 g/mol. The van der Waals surface area contributed by atoms with Gasteiger partial charge in [0.15, 0.2) is 0 Å². The second-order valence-electron chi connectivity index (χ2n) is 4.33. The van der Waals surface area contributed by atoms with E-state index < -0.39 is 5.82 Å². The third kappa shape index (κ3) is 3.54. The zero-order valence-electron chi connectivity index (χ0n) is 9.87. The lowest BCUT2D eigenvalue weighted by atomic mass is 10.2. The van der Waals surface area contributed by atoms with Crippen molar-refractivity contribution in [1.82, 2.24) is 5.32 Å². The summed E-state index contributed by atoms with van der Waals surface area (Å²) in [5.74, 6) is -0.661. The van der Waals surface area contributed by atoms with Crippen LogP contribution in [-0.4, -0.2) is 18.5 Å². The van der Waals surface area contributed by atoms with Crippen LogP contribution in [0.15, 0.2) is 18.2 Å². The van der Waals surface area contributed by atoms with Crippen molar-refractivity contribution >= 4 is 11.6 Å². The molecule has 0 aliphatic heterocycles. The molecule has 1 saturated carbocycles. The maximum Gasteiger partial charge on any atom is 0.225 e. The van der Waals surface area contributed by atoms with Gasteiger partial charge < -0.3 is 10.6 Å². The van der Waals surface area contributed by atoms with E-state index in [-0.39, 0.29) is 11.5 Å². The number of nitriles is 1. The topological polar surface area (TPSA) is 64.9 Å². The first kappa shape index (κ1) is 12.5. The van der Waals surface area contributed by atoms with E-state index in [1.807, 2.05) is 6.07 Å². The summed E-state index contributed by atoms with van der Waals surface area (Å²) in [4.78, 5) is 11.6. The molecule has 0 aromatic heterocycles. The van der Waals surface area contributed by atoms with Gasteiger partial charge >= 0.3 is 0 Å². The van der Waals surface area contributed by atoms with Crippen LogP contribution in [0.3, 0.4) is 0 Å². The minimum absolute atomic E-state index is 0.138. The van der Waals surface area contributed by atoms with Crippen LogP contribution in [0.4, 0.5) is 10.1 Å². The van der Waals surface area contributed by atoms with Gasteiger partial charge in [-0.15, -0.1) is 0 Å². The van der Waals surface area contributed by atoms with Gasteiger partial charge in [0.05, 0.1) is 11.3 Å². The van der Waals surface area contributed by atoms with Crippen molar-refractivity contribution in [1.29, 1.82) is 5.26 Å². The molecule has 0 saturated heterocycles. The highest BCUT2D eigenvalue weighted by Gasteiger charge is 2.20. The van der Waals surface area contributed by atoms with E-state index in [1.165, 1.54) is 25.0 Å². The number of carbonyl (C=O) groups is 1. The monoisotopic (exact) mass is 247 g/mol. The Morgan fingerprint density at radius 2 is 2.28 bits per heavy atom. The third-order valence-corrected chi connectivity index (χ3v) is 2.74. The molecule has 2 rings (SSSR count). The van der Waals surface area contributed by atoms with Gasteiger partial charge in [0.1, 0.15) is 11.9 Å². The first-order valence-corrected chi connectivity index (χ1v) is 5.92. The fraction of sp³-hybridized carbons (Fsp3) is 0.385. The van der Waals surface area contributed by atoms with Crippen LogP contribution >= 0.6 is 0 Å². The Morgan fingerprint density at radius 1 is 1.50 bits per heavy atom. The highest BCUT2D eigenvalue weighted by atomic mass is 19.1. The Labute approximate surface area is 105 Å². The maximum atomic E-state index is 12.9. The molecule has 0 bridgehead atoms. The van der Waals surface area contributed by atoms with Gasteiger partial charge in [0, 0.05) is 19.0 Å². The van der Waals surface area contributed by atoms with Crippen LogP contribution in [0.5, 0.6) is 0 Å². The molecule has 18 heavy (non-hydrogen) atoms. The number of rotatable bonds is 5. The molecule has 4 nitrogen and oxygen atoms in total. The van der Waals surface area contributed by atoms with Crippen LogP contribution in [0.2, 0.25) is 0 Å². The summed E-state index contributed by atoms with van der Waals surface area (Å²) < 4.78 is 12.9. The standard InChI is InChI=1S/C13H14FN3O/c14-10-1-4-12(9(7-10)8-15)17-13(18)5-6-16-11-2-3-11/h1,4,7,11,16H,2-3,5-6H2,(H,17,18). The predicted octanol–water partition coefficient (Wildman–Crippen LogP) is 1.78. The van der Waals surface area contributed by atoms with Crippen molar-refractivity contribution in [2.75, 3.05) is 11.9 Å². The number of nitrogens with zero attached hydrogens (tertiary/aromatic N) is 1. The largest absolute Gasteiger partial charge is 0.325 e. The van der Waals surface area contributed by atoms with Gasteiger partial charge in [-0.3, -0.25) is 4.79 Å². The van der Waals surface area contributed by atoms with Crippen molar-refractivity contribution in [3.05, 3.63) is 29.6 Å². The Hall–Kier alpha value is -1.93. The normalized spacial score (nSPS) is 14.0. The molecular formula is C13H14FN3O. The molecule has 0 spiro atoms. The summed E-state index contributed by atoms with van der Waals surface area (Å²) >= 11 is 0. The lowest BCUT2D eigenvalue weighted by molar-refractivity contribution is -0.116.